The Hall–Kier alpha value is -1.32. The molecule has 0 aliphatic heterocycles. The number of aromatic nitrogens is 2. The Bertz CT molecular complexity index is 268. The molecule has 12 heavy (non-hydrogen) atoms. The predicted molar refractivity (Wildman–Crippen MR) is 42.6 cm³/mol. The summed E-state index contributed by atoms with van der Waals surface area (Å²) in [4.78, 5) is 10.1. The smallest absolute Gasteiger partial charge is 0.360 e. The quantitative estimate of drug-likeness (QED) is 0.478. The lowest BCUT2D eigenvalue weighted by molar-refractivity contribution is -0.674. The van der Waals surface area contributed by atoms with Crippen molar-refractivity contribution in [3.63, 3.8) is 0 Å². The summed E-state index contributed by atoms with van der Waals surface area (Å²) in [5.74, 6) is 0. The zero-order valence-electron chi connectivity index (χ0n) is 7.36. The van der Waals surface area contributed by atoms with Crippen LogP contribution < -0.4 is 9.30 Å². The van der Waals surface area contributed by atoms with Gasteiger partial charge < -0.3 is 4.74 Å². The molecule has 0 atom stereocenters. The first kappa shape index (κ1) is 8.77. The van der Waals surface area contributed by atoms with Crippen molar-refractivity contribution in [2.45, 2.75) is 19.9 Å². The molecule has 4 heteroatoms. The summed E-state index contributed by atoms with van der Waals surface area (Å²) in [5, 5.41) is 0. The minimum absolute atomic E-state index is 0.446. The van der Waals surface area contributed by atoms with E-state index in [-0.39, 0.29) is 0 Å². The highest BCUT2D eigenvalue weighted by Gasteiger charge is 2.14. The molecule has 0 saturated carbocycles. The summed E-state index contributed by atoms with van der Waals surface area (Å²) >= 11 is 0. The fourth-order valence-electron chi connectivity index (χ4n) is 1.12. The summed E-state index contributed by atoms with van der Waals surface area (Å²) < 4.78 is 8.47. The number of aryl methyl sites for hydroxylation is 2. The highest BCUT2D eigenvalue weighted by atomic mass is 16.5. The number of carbonyl (C=O) groups excluding carboxylic acids is 1. The van der Waals surface area contributed by atoms with Gasteiger partial charge in [0.1, 0.15) is 12.4 Å². The van der Waals surface area contributed by atoms with Gasteiger partial charge in [0.25, 0.3) is 0 Å². The van der Waals surface area contributed by atoms with Crippen LogP contribution in [0.3, 0.4) is 0 Å². The van der Waals surface area contributed by atoms with Crippen molar-refractivity contribution < 1.29 is 14.1 Å². The number of rotatable bonds is 4. The van der Waals surface area contributed by atoms with Gasteiger partial charge in [-0.15, -0.1) is 0 Å². The van der Waals surface area contributed by atoms with E-state index in [9.17, 15) is 4.79 Å². The summed E-state index contributed by atoms with van der Waals surface area (Å²) in [5.41, 5.74) is 0. The van der Waals surface area contributed by atoms with Crippen LogP contribution >= 0.6 is 0 Å². The van der Waals surface area contributed by atoms with Crippen LogP contribution in [0.15, 0.2) is 12.4 Å². The van der Waals surface area contributed by atoms with Gasteiger partial charge in [-0.2, -0.15) is 9.13 Å². The topological polar surface area (TPSA) is 35.1 Å². The first-order valence-electron chi connectivity index (χ1n) is 3.94. The summed E-state index contributed by atoms with van der Waals surface area (Å²) in [6.07, 6.45) is 4.76. The van der Waals surface area contributed by atoms with Crippen LogP contribution in [0.4, 0.5) is 0 Å². The molecule has 0 amide bonds. The summed E-state index contributed by atoms with van der Waals surface area (Å²) in [6.45, 7) is 3.39. The fourth-order valence-corrected chi connectivity index (χ4v) is 1.12. The normalized spacial score (nSPS) is 9.83. The van der Waals surface area contributed by atoms with Crippen LogP contribution in [0.1, 0.15) is 13.3 Å². The predicted octanol–water partition coefficient (Wildman–Crippen LogP) is 0.258. The van der Waals surface area contributed by atoms with Gasteiger partial charge in [0, 0.05) is 0 Å². The van der Waals surface area contributed by atoms with Crippen LogP contribution in [0.25, 0.3) is 0 Å². The number of hydrogen-bond acceptors (Lipinski definition) is 2. The minimum atomic E-state index is 0.446. The van der Waals surface area contributed by atoms with E-state index in [1.54, 1.807) is 4.57 Å². The van der Waals surface area contributed by atoms with Crippen LogP contribution in [0.2, 0.25) is 0 Å². The monoisotopic (exact) mass is 169 g/mol. The number of carbonyl (C=O) groups is 1. The molecule has 0 aliphatic rings. The Labute approximate surface area is 71.4 Å². The molecule has 1 aromatic rings. The van der Waals surface area contributed by atoms with Crippen molar-refractivity contribution in [1.29, 1.82) is 0 Å². The Morgan fingerprint density at radius 3 is 3.08 bits per heavy atom. The van der Waals surface area contributed by atoms with E-state index >= 15 is 0 Å². The van der Waals surface area contributed by atoms with Crippen molar-refractivity contribution in [2.24, 2.45) is 7.05 Å². The molecule has 4 nitrogen and oxygen atoms in total. The molecule has 1 heterocycles. The molecule has 1 rings (SSSR count). The highest BCUT2D eigenvalue weighted by Crippen LogP contribution is 2.04. The maximum absolute atomic E-state index is 10.1. The van der Waals surface area contributed by atoms with Crippen molar-refractivity contribution in [1.82, 2.24) is 4.57 Å². The van der Waals surface area contributed by atoms with E-state index < -0.39 is 0 Å². The van der Waals surface area contributed by atoms with E-state index in [0.717, 1.165) is 13.0 Å². The van der Waals surface area contributed by atoms with Crippen molar-refractivity contribution in [2.75, 3.05) is 0 Å². The zero-order valence-corrected chi connectivity index (χ0v) is 7.36. The fraction of sp³-hybridized carbons (Fsp3) is 0.500. The van der Waals surface area contributed by atoms with E-state index in [4.69, 9.17) is 4.74 Å². The van der Waals surface area contributed by atoms with Gasteiger partial charge in [0.15, 0.2) is 0 Å². The largest absolute Gasteiger partial charge is 0.463 e. The molecular formula is C8H13N2O2+. The molecule has 0 unspecified atom stereocenters. The van der Waals surface area contributed by atoms with Crippen molar-refractivity contribution in [3.05, 3.63) is 12.4 Å². The maximum Gasteiger partial charge on any atom is 0.463 e. The lowest BCUT2D eigenvalue weighted by Gasteiger charge is -1.96. The Morgan fingerprint density at radius 1 is 1.75 bits per heavy atom. The zero-order chi connectivity index (χ0) is 8.97. The van der Waals surface area contributed by atoms with Crippen molar-refractivity contribution >= 4 is 6.47 Å². The van der Waals surface area contributed by atoms with Gasteiger partial charge >= 0.3 is 12.5 Å². The summed E-state index contributed by atoms with van der Waals surface area (Å²) in [7, 11) is 1.84. The van der Waals surface area contributed by atoms with Gasteiger partial charge in [-0.05, 0) is 6.42 Å². The molecule has 0 aromatic carbocycles. The first-order valence-corrected chi connectivity index (χ1v) is 3.94. The molecule has 66 valence electrons. The minimum Gasteiger partial charge on any atom is -0.360 e. The standard InChI is InChI=1S/C8H13N2O2/c1-3-4-10-6-5-9(2)8(10)12-7-11/h5-7H,3-4H2,1-2H3/q+1. The molecular weight excluding hydrogens is 156 g/mol. The Morgan fingerprint density at radius 2 is 2.50 bits per heavy atom. The van der Waals surface area contributed by atoms with Crippen LogP contribution in [-0.2, 0) is 18.4 Å². The number of nitrogens with zero attached hydrogens (tertiary/aromatic N) is 2. The van der Waals surface area contributed by atoms with Crippen LogP contribution in [0, 0.1) is 0 Å². The Balaban J connectivity index is 2.86. The molecule has 0 N–H and O–H groups in total. The SMILES string of the molecule is CCCn1cc[n+](C)c1OC=O. The first-order chi connectivity index (χ1) is 5.79. The number of hydrogen-bond donors (Lipinski definition) is 0. The third kappa shape index (κ3) is 1.64. The molecule has 0 spiro atoms. The van der Waals surface area contributed by atoms with Crippen LogP contribution in [-0.4, -0.2) is 11.0 Å². The Kier molecular flexibility index (Phi) is 2.85. The highest BCUT2D eigenvalue weighted by molar-refractivity contribution is 5.40. The average molecular weight is 169 g/mol. The maximum atomic E-state index is 10.1. The average Bonchev–Trinajstić information content (AvgIpc) is 2.37. The lowest BCUT2D eigenvalue weighted by Crippen LogP contribution is -2.28. The lowest BCUT2D eigenvalue weighted by atomic mass is 10.5. The molecule has 0 saturated heterocycles. The molecule has 1 aromatic heterocycles. The third-order valence-electron chi connectivity index (χ3n) is 1.64. The van der Waals surface area contributed by atoms with Crippen molar-refractivity contribution in [3.8, 4) is 6.01 Å². The summed E-state index contributed by atoms with van der Waals surface area (Å²) in [6, 6.07) is 0.576. The van der Waals surface area contributed by atoms with Gasteiger partial charge in [-0.1, -0.05) is 6.92 Å². The van der Waals surface area contributed by atoms with Gasteiger partial charge in [-0.25, -0.2) is 0 Å². The van der Waals surface area contributed by atoms with Crippen LogP contribution in [0.5, 0.6) is 6.01 Å². The van der Waals surface area contributed by atoms with Gasteiger partial charge in [0.05, 0.1) is 13.6 Å². The molecule has 0 fully saturated rings. The van der Waals surface area contributed by atoms with Gasteiger partial charge in [0.2, 0.25) is 0 Å². The molecule has 0 radical (unpaired) electrons. The van der Waals surface area contributed by atoms with E-state index in [1.165, 1.54) is 0 Å². The van der Waals surface area contributed by atoms with E-state index in [1.807, 2.05) is 24.0 Å². The third-order valence-corrected chi connectivity index (χ3v) is 1.64. The number of ether oxygens (including phenoxy) is 1. The molecule has 0 aliphatic carbocycles. The second-order valence-corrected chi connectivity index (χ2v) is 2.60. The molecule has 0 bridgehead atoms. The van der Waals surface area contributed by atoms with Gasteiger partial charge in [-0.3, -0.25) is 4.79 Å². The second-order valence-electron chi connectivity index (χ2n) is 2.60. The van der Waals surface area contributed by atoms with E-state index in [0.29, 0.717) is 12.5 Å². The second kappa shape index (κ2) is 3.90. The number of imidazole rings is 1. The van der Waals surface area contributed by atoms with E-state index in [2.05, 4.69) is 6.92 Å².